The monoisotopic (exact) mass is 443 g/mol. The van der Waals surface area contributed by atoms with E-state index in [9.17, 15) is 4.79 Å². The fourth-order valence-corrected chi connectivity index (χ4v) is 6.05. The van der Waals surface area contributed by atoms with E-state index in [0.717, 1.165) is 38.6 Å². The van der Waals surface area contributed by atoms with E-state index in [1.165, 1.54) is 16.7 Å². The number of thioether (sulfide) groups is 2. The average molecular weight is 444 g/mol. The summed E-state index contributed by atoms with van der Waals surface area (Å²) < 4.78 is 0. The molecular weight excluding hydrogens is 422 g/mol. The Morgan fingerprint density at radius 2 is 1.48 bits per heavy atom. The molecule has 1 amide bonds. The van der Waals surface area contributed by atoms with Crippen molar-refractivity contribution in [3.63, 3.8) is 0 Å². The molecule has 2 aliphatic rings. The van der Waals surface area contributed by atoms with Crippen LogP contribution in [-0.2, 0) is 11.3 Å². The highest BCUT2D eigenvalue weighted by atomic mass is 32.2. The lowest BCUT2D eigenvalue weighted by Gasteiger charge is -2.19. The summed E-state index contributed by atoms with van der Waals surface area (Å²) in [6.07, 6.45) is 0. The van der Waals surface area contributed by atoms with Crippen LogP contribution in [0, 0.1) is 0 Å². The molecule has 31 heavy (non-hydrogen) atoms. The van der Waals surface area contributed by atoms with Crippen molar-refractivity contribution in [1.82, 2.24) is 4.90 Å². The quantitative estimate of drug-likeness (QED) is 0.447. The normalized spacial score (nSPS) is 19.4. The molecule has 2 aliphatic heterocycles. The minimum absolute atomic E-state index is 0.0114. The largest absolute Gasteiger partial charge is 0.334 e. The molecule has 2 heterocycles. The van der Waals surface area contributed by atoms with Gasteiger partial charge in [0.15, 0.2) is 5.17 Å². The third-order valence-corrected chi connectivity index (χ3v) is 7.52. The maximum atomic E-state index is 13.6. The number of para-hydroxylation sites is 2. The van der Waals surface area contributed by atoms with E-state index in [2.05, 4.69) is 24.0 Å². The minimum Gasteiger partial charge on any atom is -0.334 e. The molecule has 0 N–H and O–H groups in total. The van der Waals surface area contributed by atoms with E-state index in [4.69, 9.17) is 4.99 Å². The van der Waals surface area contributed by atoms with Gasteiger partial charge in [-0.25, -0.2) is 4.99 Å². The highest BCUT2D eigenvalue weighted by Gasteiger charge is 2.39. The third-order valence-electron chi connectivity index (χ3n) is 5.15. The van der Waals surface area contributed by atoms with Crippen LogP contribution in [-0.4, -0.2) is 22.5 Å². The molecule has 3 aromatic rings. The molecule has 0 saturated carbocycles. The maximum Gasteiger partial charge on any atom is 0.269 e. The van der Waals surface area contributed by atoms with Gasteiger partial charge in [-0.3, -0.25) is 9.69 Å². The number of rotatable bonds is 4. The first-order valence-electron chi connectivity index (χ1n) is 10.2. The molecule has 4 nitrogen and oxygen atoms in total. The highest BCUT2D eigenvalue weighted by molar-refractivity contribution is 8.19. The van der Waals surface area contributed by atoms with Crippen molar-refractivity contribution in [1.29, 1.82) is 0 Å². The SMILES string of the molecule is CCN1C(=C2SC(=Nc3ccccc3)N(Cc3ccccc3)C2=O)Sc2ccccc21. The lowest BCUT2D eigenvalue weighted by molar-refractivity contribution is -0.122. The summed E-state index contributed by atoms with van der Waals surface area (Å²) in [7, 11) is 0. The molecule has 0 aromatic heterocycles. The first-order chi connectivity index (χ1) is 15.2. The Morgan fingerprint density at radius 1 is 0.806 bits per heavy atom. The summed E-state index contributed by atoms with van der Waals surface area (Å²) in [6, 6.07) is 28.2. The molecule has 0 radical (unpaired) electrons. The molecule has 0 spiro atoms. The number of benzene rings is 3. The Kier molecular flexibility index (Phi) is 5.57. The van der Waals surface area contributed by atoms with Crippen LogP contribution < -0.4 is 4.90 Å². The van der Waals surface area contributed by atoms with E-state index >= 15 is 0 Å². The number of fused-ring (bicyclic) bond motifs is 1. The van der Waals surface area contributed by atoms with Crippen LogP contribution in [0.15, 0.2) is 105 Å². The van der Waals surface area contributed by atoms with Gasteiger partial charge < -0.3 is 4.90 Å². The fourth-order valence-electron chi connectivity index (χ4n) is 3.65. The smallest absolute Gasteiger partial charge is 0.269 e. The van der Waals surface area contributed by atoms with Crippen molar-refractivity contribution in [2.45, 2.75) is 18.4 Å². The van der Waals surface area contributed by atoms with Gasteiger partial charge in [0.05, 0.1) is 17.9 Å². The van der Waals surface area contributed by atoms with Gasteiger partial charge in [0.1, 0.15) is 9.93 Å². The molecule has 0 bridgehead atoms. The minimum atomic E-state index is 0.0114. The van der Waals surface area contributed by atoms with E-state index in [1.807, 2.05) is 72.8 Å². The van der Waals surface area contributed by atoms with Crippen LogP contribution in [0.25, 0.3) is 0 Å². The van der Waals surface area contributed by atoms with Crippen LogP contribution in [0.4, 0.5) is 11.4 Å². The van der Waals surface area contributed by atoms with Crippen molar-refractivity contribution < 1.29 is 4.79 Å². The molecule has 3 aromatic carbocycles. The molecule has 0 aliphatic carbocycles. The van der Waals surface area contributed by atoms with Crippen LogP contribution in [0.3, 0.4) is 0 Å². The molecule has 0 atom stereocenters. The molecule has 6 heteroatoms. The molecule has 154 valence electrons. The van der Waals surface area contributed by atoms with E-state index in [1.54, 1.807) is 16.7 Å². The predicted octanol–water partition coefficient (Wildman–Crippen LogP) is 6.25. The summed E-state index contributed by atoms with van der Waals surface area (Å²) in [5.41, 5.74) is 3.09. The van der Waals surface area contributed by atoms with Gasteiger partial charge in [-0.05, 0) is 48.5 Å². The molecule has 1 fully saturated rings. The number of carbonyl (C=O) groups is 1. The van der Waals surface area contributed by atoms with Crippen LogP contribution in [0.1, 0.15) is 12.5 Å². The zero-order valence-corrected chi connectivity index (χ0v) is 18.7. The number of amidine groups is 1. The van der Waals surface area contributed by atoms with Crippen molar-refractivity contribution in [3.05, 3.63) is 100 Å². The van der Waals surface area contributed by atoms with Crippen molar-refractivity contribution in [2.24, 2.45) is 4.99 Å². The maximum absolute atomic E-state index is 13.6. The van der Waals surface area contributed by atoms with E-state index in [0.29, 0.717) is 6.54 Å². The van der Waals surface area contributed by atoms with Crippen molar-refractivity contribution in [3.8, 4) is 0 Å². The van der Waals surface area contributed by atoms with Gasteiger partial charge in [0.2, 0.25) is 0 Å². The zero-order valence-electron chi connectivity index (χ0n) is 17.1. The molecular formula is C25H21N3OS2. The number of aliphatic imine (C=N–C) groups is 1. The Morgan fingerprint density at radius 3 is 2.23 bits per heavy atom. The lowest BCUT2D eigenvalue weighted by Crippen LogP contribution is -2.29. The Labute approximate surface area is 190 Å². The topological polar surface area (TPSA) is 35.9 Å². The zero-order chi connectivity index (χ0) is 21.2. The average Bonchev–Trinajstić information content (AvgIpc) is 3.33. The van der Waals surface area contributed by atoms with E-state index in [-0.39, 0.29) is 5.91 Å². The lowest BCUT2D eigenvalue weighted by atomic mass is 10.2. The Balaban J connectivity index is 1.57. The molecule has 5 rings (SSSR count). The second kappa shape index (κ2) is 8.65. The predicted molar refractivity (Wildman–Crippen MR) is 130 cm³/mol. The number of anilines is 1. The van der Waals surface area contributed by atoms with E-state index < -0.39 is 0 Å². The van der Waals surface area contributed by atoms with Gasteiger partial charge >= 0.3 is 0 Å². The Bertz CT molecular complexity index is 1180. The first-order valence-corrected chi connectivity index (χ1v) is 11.8. The number of carbonyl (C=O) groups excluding carboxylic acids is 1. The summed E-state index contributed by atoms with van der Waals surface area (Å²) in [5, 5.41) is 1.71. The van der Waals surface area contributed by atoms with Crippen molar-refractivity contribution >= 4 is 46.0 Å². The van der Waals surface area contributed by atoms with Crippen LogP contribution in [0.5, 0.6) is 0 Å². The highest BCUT2D eigenvalue weighted by Crippen LogP contribution is 2.50. The van der Waals surface area contributed by atoms with Gasteiger partial charge in [-0.1, -0.05) is 72.4 Å². The standard InChI is InChI=1S/C25H21N3OS2/c1-2-27-20-15-9-10-16-21(20)30-24(27)22-23(29)28(17-18-11-5-3-6-12-18)25(31-22)26-19-13-7-4-8-14-19/h3-16H,2,17H2,1H3. The molecule has 1 saturated heterocycles. The summed E-state index contributed by atoms with van der Waals surface area (Å²) in [4.78, 5) is 24.4. The fraction of sp³-hybridized carbons (Fsp3) is 0.120. The third kappa shape index (κ3) is 3.89. The number of nitrogens with zero attached hydrogens (tertiary/aromatic N) is 3. The van der Waals surface area contributed by atoms with Crippen LogP contribution in [0.2, 0.25) is 0 Å². The van der Waals surface area contributed by atoms with Gasteiger partial charge in [0.25, 0.3) is 5.91 Å². The van der Waals surface area contributed by atoms with Gasteiger partial charge in [0, 0.05) is 11.4 Å². The summed E-state index contributed by atoms with van der Waals surface area (Å²) in [6.45, 7) is 3.42. The second-order valence-electron chi connectivity index (χ2n) is 7.16. The second-order valence-corrected chi connectivity index (χ2v) is 9.17. The number of amides is 1. The Hall–Kier alpha value is -2.96. The first kappa shape index (κ1) is 20.0. The van der Waals surface area contributed by atoms with Crippen molar-refractivity contribution in [2.75, 3.05) is 11.4 Å². The van der Waals surface area contributed by atoms with Crippen LogP contribution >= 0.6 is 23.5 Å². The number of hydrogen-bond acceptors (Lipinski definition) is 5. The summed E-state index contributed by atoms with van der Waals surface area (Å²) >= 11 is 3.14. The molecule has 0 unspecified atom stereocenters. The number of hydrogen-bond donors (Lipinski definition) is 0. The summed E-state index contributed by atoms with van der Waals surface area (Å²) in [5.74, 6) is 0.0114. The van der Waals surface area contributed by atoms with Gasteiger partial charge in [-0.2, -0.15) is 0 Å². The van der Waals surface area contributed by atoms with Gasteiger partial charge in [-0.15, -0.1) is 0 Å².